The van der Waals surface area contributed by atoms with Gasteiger partial charge in [-0.25, -0.2) is 0 Å². The van der Waals surface area contributed by atoms with Crippen LogP contribution in [0.15, 0.2) is 20.4 Å². The molecule has 0 radical (unpaired) electrons. The van der Waals surface area contributed by atoms with Crippen LogP contribution in [0.1, 0.15) is 29.2 Å². The summed E-state index contributed by atoms with van der Waals surface area (Å²) >= 11 is 8.90. The fraction of sp³-hybridized carbons (Fsp3) is 0.462. The SMILES string of the molecule is CCNC(Cc1cc(C)nn1C)c1cc(Br)c(Br)s1. The second kappa shape index (κ2) is 6.52. The van der Waals surface area contributed by atoms with Crippen LogP contribution in [0.2, 0.25) is 0 Å². The maximum Gasteiger partial charge on any atom is 0.0843 e. The van der Waals surface area contributed by atoms with Gasteiger partial charge in [0.05, 0.1) is 9.48 Å². The third kappa shape index (κ3) is 3.68. The van der Waals surface area contributed by atoms with Crippen LogP contribution in [0.25, 0.3) is 0 Å². The normalized spacial score (nSPS) is 12.9. The maximum atomic E-state index is 4.41. The molecule has 2 rings (SSSR count). The van der Waals surface area contributed by atoms with Gasteiger partial charge in [0.2, 0.25) is 0 Å². The summed E-state index contributed by atoms with van der Waals surface area (Å²) in [5.41, 5.74) is 2.32. The molecule has 1 N–H and O–H groups in total. The fourth-order valence-electron chi connectivity index (χ4n) is 2.12. The highest BCUT2D eigenvalue weighted by molar-refractivity contribution is 9.13. The molecule has 0 aliphatic rings. The number of halogens is 2. The average Bonchev–Trinajstić information content (AvgIpc) is 2.82. The topological polar surface area (TPSA) is 29.9 Å². The molecule has 0 aromatic carbocycles. The van der Waals surface area contributed by atoms with E-state index in [9.17, 15) is 0 Å². The number of thiophene rings is 1. The average molecular weight is 407 g/mol. The van der Waals surface area contributed by atoms with Gasteiger partial charge in [-0.1, -0.05) is 6.92 Å². The molecule has 2 aromatic rings. The van der Waals surface area contributed by atoms with Crippen LogP contribution < -0.4 is 5.32 Å². The lowest BCUT2D eigenvalue weighted by Crippen LogP contribution is -2.23. The first-order valence-corrected chi connectivity index (χ1v) is 8.59. The number of hydrogen-bond donors (Lipinski definition) is 1. The summed E-state index contributed by atoms with van der Waals surface area (Å²) in [6, 6.07) is 4.67. The highest BCUT2D eigenvalue weighted by Crippen LogP contribution is 2.36. The quantitative estimate of drug-likeness (QED) is 0.805. The van der Waals surface area contributed by atoms with Gasteiger partial charge in [0.15, 0.2) is 0 Å². The summed E-state index contributed by atoms with van der Waals surface area (Å²) in [5, 5.41) is 7.97. The van der Waals surface area contributed by atoms with Gasteiger partial charge in [0.25, 0.3) is 0 Å². The Morgan fingerprint density at radius 1 is 1.42 bits per heavy atom. The van der Waals surface area contributed by atoms with Gasteiger partial charge in [0.1, 0.15) is 0 Å². The zero-order chi connectivity index (χ0) is 14.0. The van der Waals surface area contributed by atoms with Crippen molar-refractivity contribution >= 4 is 43.2 Å². The van der Waals surface area contributed by atoms with E-state index >= 15 is 0 Å². The summed E-state index contributed by atoms with van der Waals surface area (Å²) in [7, 11) is 2.01. The largest absolute Gasteiger partial charge is 0.309 e. The number of likely N-dealkylation sites (N-methyl/N-ethyl adjacent to an activating group) is 1. The Kier molecular flexibility index (Phi) is 5.22. The van der Waals surface area contributed by atoms with Crippen LogP contribution in [0.5, 0.6) is 0 Å². The molecule has 1 atom stereocenters. The molecule has 0 spiro atoms. The molecule has 0 fully saturated rings. The molecule has 0 bridgehead atoms. The van der Waals surface area contributed by atoms with Crippen molar-refractivity contribution in [2.75, 3.05) is 6.54 Å². The van der Waals surface area contributed by atoms with E-state index in [0.29, 0.717) is 6.04 Å². The van der Waals surface area contributed by atoms with Crippen LogP contribution in [0.3, 0.4) is 0 Å². The standard InChI is InChI=1S/C13H17Br2N3S/c1-4-16-11(12-7-10(14)13(15)19-12)6-9-5-8(2)17-18(9)3/h5,7,11,16H,4,6H2,1-3H3. The molecule has 19 heavy (non-hydrogen) atoms. The Morgan fingerprint density at radius 3 is 2.63 bits per heavy atom. The lowest BCUT2D eigenvalue weighted by atomic mass is 10.1. The third-order valence-electron chi connectivity index (χ3n) is 2.97. The van der Waals surface area contributed by atoms with Crippen LogP contribution >= 0.6 is 43.2 Å². The molecule has 3 nitrogen and oxygen atoms in total. The molecule has 0 aliphatic carbocycles. The summed E-state index contributed by atoms with van der Waals surface area (Å²) in [4.78, 5) is 1.33. The van der Waals surface area contributed by atoms with Crippen molar-refractivity contribution in [2.45, 2.75) is 26.3 Å². The lowest BCUT2D eigenvalue weighted by Gasteiger charge is -2.16. The first-order chi connectivity index (χ1) is 9.01. The predicted octanol–water partition coefficient (Wildman–Crippen LogP) is 4.21. The summed E-state index contributed by atoms with van der Waals surface area (Å²) in [5.74, 6) is 0. The van der Waals surface area contributed by atoms with Crippen molar-refractivity contribution in [3.8, 4) is 0 Å². The number of hydrogen-bond acceptors (Lipinski definition) is 3. The van der Waals surface area contributed by atoms with E-state index in [1.165, 1.54) is 10.6 Å². The Hall–Kier alpha value is -0.170. The van der Waals surface area contributed by atoms with Gasteiger partial charge >= 0.3 is 0 Å². The van der Waals surface area contributed by atoms with Gasteiger partial charge in [-0.15, -0.1) is 11.3 Å². The summed E-state index contributed by atoms with van der Waals surface area (Å²) < 4.78 is 4.24. The van der Waals surface area contributed by atoms with Gasteiger partial charge in [0, 0.05) is 34.6 Å². The first kappa shape index (κ1) is 15.2. The predicted molar refractivity (Wildman–Crippen MR) is 87.8 cm³/mol. The molecule has 2 aromatic heterocycles. The van der Waals surface area contributed by atoms with Gasteiger partial charge < -0.3 is 5.32 Å². The number of nitrogens with one attached hydrogen (secondary N) is 1. The van der Waals surface area contributed by atoms with E-state index < -0.39 is 0 Å². The fourth-order valence-corrected chi connectivity index (χ4v) is 4.28. The van der Waals surface area contributed by atoms with E-state index in [1.54, 1.807) is 11.3 Å². The van der Waals surface area contributed by atoms with Crippen LogP contribution in [-0.2, 0) is 13.5 Å². The molecule has 2 heterocycles. The van der Waals surface area contributed by atoms with Crippen molar-refractivity contribution < 1.29 is 0 Å². The van der Waals surface area contributed by atoms with Crippen molar-refractivity contribution in [1.82, 2.24) is 15.1 Å². The second-order valence-electron chi connectivity index (χ2n) is 4.49. The lowest BCUT2D eigenvalue weighted by molar-refractivity contribution is 0.536. The van der Waals surface area contributed by atoms with E-state index in [-0.39, 0.29) is 0 Å². The molecule has 1 unspecified atom stereocenters. The highest BCUT2D eigenvalue weighted by Gasteiger charge is 2.17. The highest BCUT2D eigenvalue weighted by atomic mass is 79.9. The van der Waals surface area contributed by atoms with Crippen LogP contribution in [0, 0.1) is 6.92 Å². The molecular weight excluding hydrogens is 390 g/mol. The smallest absolute Gasteiger partial charge is 0.0843 e. The van der Waals surface area contributed by atoms with Crippen molar-refractivity contribution in [3.05, 3.63) is 36.7 Å². The Balaban J connectivity index is 2.23. The molecule has 0 amide bonds. The Morgan fingerprint density at radius 2 is 2.16 bits per heavy atom. The Bertz CT molecular complexity index is 543. The minimum Gasteiger partial charge on any atom is -0.309 e. The summed E-state index contributed by atoms with van der Waals surface area (Å²) in [6.07, 6.45) is 0.949. The zero-order valence-electron chi connectivity index (χ0n) is 11.2. The van der Waals surface area contributed by atoms with Crippen molar-refractivity contribution in [2.24, 2.45) is 7.05 Å². The van der Waals surface area contributed by atoms with E-state index in [2.05, 4.69) is 61.3 Å². The minimum absolute atomic E-state index is 0.326. The van der Waals surface area contributed by atoms with E-state index in [0.717, 1.165) is 26.9 Å². The molecule has 0 saturated heterocycles. The number of aryl methyl sites for hydroxylation is 2. The maximum absolute atomic E-state index is 4.41. The molecule has 0 aliphatic heterocycles. The Labute approximate surface area is 134 Å². The first-order valence-electron chi connectivity index (χ1n) is 6.19. The van der Waals surface area contributed by atoms with Crippen LogP contribution in [0.4, 0.5) is 0 Å². The van der Waals surface area contributed by atoms with Crippen molar-refractivity contribution in [1.29, 1.82) is 0 Å². The molecule has 104 valence electrons. The van der Waals surface area contributed by atoms with Gasteiger partial charge in [-0.3, -0.25) is 4.68 Å². The zero-order valence-corrected chi connectivity index (χ0v) is 15.2. The van der Waals surface area contributed by atoms with E-state index in [4.69, 9.17) is 0 Å². The second-order valence-corrected chi connectivity index (χ2v) is 7.74. The van der Waals surface area contributed by atoms with E-state index in [1.807, 2.05) is 18.7 Å². The van der Waals surface area contributed by atoms with Crippen molar-refractivity contribution in [3.63, 3.8) is 0 Å². The van der Waals surface area contributed by atoms with Gasteiger partial charge in [-0.2, -0.15) is 5.10 Å². The molecule has 0 saturated carbocycles. The molecular formula is C13H17Br2N3S. The number of aromatic nitrogens is 2. The minimum atomic E-state index is 0.326. The number of nitrogens with zero attached hydrogens (tertiary/aromatic N) is 2. The van der Waals surface area contributed by atoms with Crippen LogP contribution in [-0.4, -0.2) is 16.3 Å². The summed E-state index contributed by atoms with van der Waals surface area (Å²) in [6.45, 7) is 5.12. The van der Waals surface area contributed by atoms with Gasteiger partial charge in [-0.05, 0) is 57.5 Å². The third-order valence-corrected chi connectivity index (χ3v) is 6.34. The number of rotatable bonds is 5. The monoisotopic (exact) mass is 405 g/mol. The molecule has 6 heteroatoms.